The molecule has 1 unspecified atom stereocenters. The van der Waals surface area contributed by atoms with Crippen molar-refractivity contribution in [3.8, 4) is 0 Å². The second kappa shape index (κ2) is 4.44. The number of carboxylic acid groups (broad SMARTS) is 1. The van der Waals surface area contributed by atoms with Gasteiger partial charge >= 0.3 is 5.97 Å². The van der Waals surface area contributed by atoms with Crippen LogP contribution in [-0.4, -0.2) is 35.0 Å². The summed E-state index contributed by atoms with van der Waals surface area (Å²) in [7, 11) is 0. The minimum absolute atomic E-state index is 0.0149. The molecule has 1 heterocycles. The Bertz CT molecular complexity index is 238. The van der Waals surface area contributed by atoms with Crippen LogP contribution in [0.3, 0.4) is 0 Å². The molecular weight excluding hydrogens is 182 g/mol. The van der Waals surface area contributed by atoms with E-state index >= 15 is 0 Å². The highest BCUT2D eigenvalue weighted by molar-refractivity contribution is 5.84. The maximum Gasteiger partial charge on any atom is 0.304 e. The number of hydrogen-bond donors (Lipinski definition) is 1. The van der Waals surface area contributed by atoms with Gasteiger partial charge in [0.25, 0.3) is 0 Å². The number of likely N-dealkylation sites (tertiary alicyclic amines) is 1. The number of carbonyl (C=O) groups excluding carboxylic acids is 1. The first-order valence-electron chi connectivity index (χ1n) is 5.01. The Kier molecular flexibility index (Phi) is 3.49. The molecule has 1 N–H and O–H groups in total. The molecule has 1 rings (SSSR count). The van der Waals surface area contributed by atoms with Gasteiger partial charge in [0.05, 0.1) is 12.3 Å². The van der Waals surface area contributed by atoms with E-state index in [-0.39, 0.29) is 18.2 Å². The maximum absolute atomic E-state index is 11.6. The first-order chi connectivity index (χ1) is 6.50. The number of rotatable bonds is 4. The van der Waals surface area contributed by atoms with Gasteiger partial charge in [-0.1, -0.05) is 13.8 Å². The molecule has 0 spiro atoms. The summed E-state index contributed by atoms with van der Waals surface area (Å²) in [6.45, 7) is 5.57. The predicted octanol–water partition coefficient (Wildman–Crippen LogP) is 0.966. The fourth-order valence-electron chi connectivity index (χ4n) is 1.83. The summed E-state index contributed by atoms with van der Waals surface area (Å²) in [6, 6.07) is 0. The molecule has 80 valence electrons. The van der Waals surface area contributed by atoms with Crippen LogP contribution < -0.4 is 0 Å². The van der Waals surface area contributed by atoms with Crippen molar-refractivity contribution < 1.29 is 14.7 Å². The molecule has 0 aromatic carbocycles. The van der Waals surface area contributed by atoms with Crippen molar-refractivity contribution in [1.82, 2.24) is 4.90 Å². The van der Waals surface area contributed by atoms with Crippen LogP contribution in [0.2, 0.25) is 0 Å². The van der Waals surface area contributed by atoms with Gasteiger partial charge in [-0.15, -0.1) is 0 Å². The van der Waals surface area contributed by atoms with Gasteiger partial charge in [-0.25, -0.2) is 0 Å². The molecule has 1 saturated heterocycles. The minimum atomic E-state index is -0.880. The van der Waals surface area contributed by atoms with Gasteiger partial charge in [0.1, 0.15) is 0 Å². The smallest absolute Gasteiger partial charge is 0.304 e. The van der Waals surface area contributed by atoms with Crippen molar-refractivity contribution >= 4 is 11.9 Å². The fraction of sp³-hybridized carbons (Fsp3) is 0.800. The summed E-state index contributed by atoms with van der Waals surface area (Å²) in [5.74, 6) is -0.704. The number of carbonyl (C=O) groups is 2. The molecule has 0 aromatic heterocycles. The largest absolute Gasteiger partial charge is 0.481 e. The molecule has 1 fully saturated rings. The molecule has 0 radical (unpaired) electrons. The van der Waals surface area contributed by atoms with Crippen LogP contribution in [0.5, 0.6) is 0 Å². The van der Waals surface area contributed by atoms with Crippen LogP contribution >= 0.6 is 0 Å². The topological polar surface area (TPSA) is 57.6 Å². The van der Waals surface area contributed by atoms with Gasteiger partial charge in [0.2, 0.25) is 5.91 Å². The number of carboxylic acids is 1. The highest BCUT2D eigenvalue weighted by Gasteiger charge is 2.32. The Labute approximate surface area is 83.9 Å². The monoisotopic (exact) mass is 199 g/mol. The normalized spacial score (nSPS) is 22.1. The first-order valence-corrected chi connectivity index (χ1v) is 5.01. The summed E-state index contributed by atoms with van der Waals surface area (Å²) in [6.07, 6.45) is 0.672. The maximum atomic E-state index is 11.6. The van der Waals surface area contributed by atoms with E-state index in [2.05, 4.69) is 13.8 Å². The van der Waals surface area contributed by atoms with E-state index in [1.54, 1.807) is 4.90 Å². The Balaban J connectivity index is 2.47. The molecule has 1 amide bonds. The van der Waals surface area contributed by atoms with E-state index in [1.165, 1.54) is 0 Å². The van der Waals surface area contributed by atoms with Gasteiger partial charge < -0.3 is 10.0 Å². The summed E-state index contributed by atoms with van der Waals surface area (Å²) in [4.78, 5) is 23.9. The lowest BCUT2D eigenvalue weighted by atomic mass is 10.0. The molecule has 4 heteroatoms. The molecule has 0 bridgehead atoms. The van der Waals surface area contributed by atoms with Crippen LogP contribution in [0, 0.1) is 11.8 Å². The van der Waals surface area contributed by atoms with Crippen molar-refractivity contribution in [1.29, 1.82) is 0 Å². The molecule has 1 atom stereocenters. The van der Waals surface area contributed by atoms with E-state index in [9.17, 15) is 9.59 Å². The summed E-state index contributed by atoms with van der Waals surface area (Å²) in [5.41, 5.74) is 0. The van der Waals surface area contributed by atoms with Crippen molar-refractivity contribution in [2.75, 3.05) is 13.1 Å². The molecule has 4 nitrogen and oxygen atoms in total. The molecule has 0 aliphatic carbocycles. The second-order valence-corrected chi connectivity index (χ2v) is 4.26. The SMILES string of the molecule is CC(C)CN1CCC(CC(=O)O)C1=O. The summed E-state index contributed by atoms with van der Waals surface area (Å²) >= 11 is 0. The third kappa shape index (κ3) is 2.72. The van der Waals surface area contributed by atoms with Crippen LogP contribution in [0.1, 0.15) is 26.7 Å². The van der Waals surface area contributed by atoms with Gasteiger partial charge in [-0.05, 0) is 12.3 Å². The Morgan fingerprint density at radius 1 is 1.64 bits per heavy atom. The van der Waals surface area contributed by atoms with Gasteiger partial charge in [-0.3, -0.25) is 9.59 Å². The summed E-state index contributed by atoms with van der Waals surface area (Å²) in [5, 5.41) is 8.59. The molecular formula is C10H17NO3. The molecule has 1 aliphatic heterocycles. The van der Waals surface area contributed by atoms with Crippen LogP contribution in [0.4, 0.5) is 0 Å². The van der Waals surface area contributed by atoms with E-state index in [0.29, 0.717) is 12.3 Å². The van der Waals surface area contributed by atoms with Crippen LogP contribution in [-0.2, 0) is 9.59 Å². The molecule has 1 aliphatic rings. The van der Waals surface area contributed by atoms with Gasteiger partial charge in [0.15, 0.2) is 0 Å². The third-order valence-electron chi connectivity index (χ3n) is 2.41. The average Bonchev–Trinajstić information content (AvgIpc) is 2.34. The van der Waals surface area contributed by atoms with Crippen molar-refractivity contribution in [2.24, 2.45) is 11.8 Å². The van der Waals surface area contributed by atoms with Gasteiger partial charge in [0, 0.05) is 13.1 Å². The van der Waals surface area contributed by atoms with Gasteiger partial charge in [-0.2, -0.15) is 0 Å². The zero-order valence-corrected chi connectivity index (χ0v) is 8.69. The highest BCUT2D eigenvalue weighted by Crippen LogP contribution is 2.21. The Hall–Kier alpha value is -1.06. The third-order valence-corrected chi connectivity index (χ3v) is 2.41. The summed E-state index contributed by atoms with van der Waals surface area (Å²) < 4.78 is 0. The van der Waals surface area contributed by atoms with Crippen molar-refractivity contribution in [2.45, 2.75) is 26.7 Å². The fourth-order valence-corrected chi connectivity index (χ4v) is 1.83. The lowest BCUT2D eigenvalue weighted by molar-refractivity contribution is -0.142. The zero-order chi connectivity index (χ0) is 10.7. The number of aliphatic carboxylic acids is 1. The molecule has 14 heavy (non-hydrogen) atoms. The van der Waals surface area contributed by atoms with Crippen LogP contribution in [0.15, 0.2) is 0 Å². The number of amides is 1. The Morgan fingerprint density at radius 3 is 2.79 bits per heavy atom. The predicted molar refractivity (Wildman–Crippen MR) is 51.8 cm³/mol. The van der Waals surface area contributed by atoms with E-state index in [1.807, 2.05) is 0 Å². The lowest BCUT2D eigenvalue weighted by Gasteiger charge is -2.18. The van der Waals surface area contributed by atoms with Crippen molar-refractivity contribution in [3.05, 3.63) is 0 Å². The lowest BCUT2D eigenvalue weighted by Crippen LogP contribution is -2.31. The minimum Gasteiger partial charge on any atom is -0.481 e. The second-order valence-electron chi connectivity index (χ2n) is 4.26. The van der Waals surface area contributed by atoms with Crippen LogP contribution in [0.25, 0.3) is 0 Å². The zero-order valence-electron chi connectivity index (χ0n) is 8.69. The first kappa shape index (κ1) is 11.0. The van der Waals surface area contributed by atoms with Crippen molar-refractivity contribution in [3.63, 3.8) is 0 Å². The number of hydrogen-bond acceptors (Lipinski definition) is 2. The Morgan fingerprint density at radius 2 is 2.29 bits per heavy atom. The quantitative estimate of drug-likeness (QED) is 0.733. The molecule has 0 saturated carbocycles. The highest BCUT2D eigenvalue weighted by atomic mass is 16.4. The average molecular weight is 199 g/mol. The molecule has 0 aromatic rings. The van der Waals surface area contributed by atoms with E-state index in [4.69, 9.17) is 5.11 Å². The van der Waals surface area contributed by atoms with E-state index in [0.717, 1.165) is 13.1 Å². The standard InChI is InChI=1S/C10H17NO3/c1-7(2)6-11-4-3-8(10(11)14)5-9(12)13/h7-8H,3-6H2,1-2H3,(H,12,13). The van der Waals surface area contributed by atoms with E-state index < -0.39 is 5.97 Å². The number of nitrogens with zero attached hydrogens (tertiary/aromatic N) is 1.